The molecule has 172 valence electrons. The van der Waals surface area contributed by atoms with Crippen molar-refractivity contribution in [2.24, 2.45) is 11.8 Å². The SMILES string of the molecule is O=C([C@@H]1C[C@H](COc2cccc(C(F)(F)F)c2)CN(Cc2ccncc2)C1)N1CCCC1. The maximum atomic E-state index is 13.1. The Morgan fingerprint density at radius 1 is 1.09 bits per heavy atom. The number of aromatic nitrogens is 1. The Bertz CT molecular complexity index is 901. The van der Waals surface area contributed by atoms with Crippen LogP contribution >= 0.6 is 0 Å². The molecule has 0 bridgehead atoms. The van der Waals surface area contributed by atoms with Crippen LogP contribution in [0.5, 0.6) is 5.75 Å². The number of rotatable bonds is 6. The molecule has 0 radical (unpaired) electrons. The highest BCUT2D eigenvalue weighted by Crippen LogP contribution is 2.32. The van der Waals surface area contributed by atoms with Crippen LogP contribution in [0.15, 0.2) is 48.8 Å². The van der Waals surface area contributed by atoms with Gasteiger partial charge in [-0.25, -0.2) is 0 Å². The van der Waals surface area contributed by atoms with Crippen LogP contribution < -0.4 is 4.74 Å². The summed E-state index contributed by atoms with van der Waals surface area (Å²) in [5, 5.41) is 0. The highest BCUT2D eigenvalue weighted by Gasteiger charge is 2.35. The molecule has 2 atom stereocenters. The van der Waals surface area contributed by atoms with Crippen molar-refractivity contribution in [2.75, 3.05) is 32.8 Å². The first-order valence-electron chi connectivity index (χ1n) is 11.1. The molecule has 1 aromatic carbocycles. The van der Waals surface area contributed by atoms with Crippen molar-refractivity contribution in [2.45, 2.75) is 32.0 Å². The van der Waals surface area contributed by atoms with Gasteiger partial charge in [-0.1, -0.05) is 6.07 Å². The van der Waals surface area contributed by atoms with Gasteiger partial charge in [0.05, 0.1) is 18.1 Å². The van der Waals surface area contributed by atoms with E-state index in [4.69, 9.17) is 4.74 Å². The van der Waals surface area contributed by atoms with E-state index in [0.29, 0.717) is 19.5 Å². The summed E-state index contributed by atoms with van der Waals surface area (Å²) in [6.07, 6.45) is 1.86. The Balaban J connectivity index is 1.44. The monoisotopic (exact) mass is 447 g/mol. The van der Waals surface area contributed by atoms with Gasteiger partial charge in [-0.2, -0.15) is 13.2 Å². The molecule has 0 unspecified atom stereocenters. The van der Waals surface area contributed by atoms with Gasteiger partial charge in [0.25, 0.3) is 0 Å². The lowest BCUT2D eigenvalue weighted by Gasteiger charge is -2.38. The molecule has 0 spiro atoms. The van der Waals surface area contributed by atoms with Crippen molar-refractivity contribution >= 4 is 5.91 Å². The van der Waals surface area contributed by atoms with Gasteiger partial charge < -0.3 is 9.64 Å². The third-order valence-electron chi connectivity index (χ3n) is 6.18. The van der Waals surface area contributed by atoms with Crippen molar-refractivity contribution in [1.29, 1.82) is 0 Å². The quantitative estimate of drug-likeness (QED) is 0.665. The van der Waals surface area contributed by atoms with Crippen LogP contribution in [-0.2, 0) is 17.5 Å². The van der Waals surface area contributed by atoms with Gasteiger partial charge in [0, 0.05) is 51.0 Å². The minimum atomic E-state index is -4.40. The Morgan fingerprint density at radius 3 is 2.56 bits per heavy atom. The Kier molecular flexibility index (Phi) is 6.98. The van der Waals surface area contributed by atoms with Crippen LogP contribution in [0, 0.1) is 11.8 Å². The number of alkyl halides is 3. The van der Waals surface area contributed by atoms with Crippen LogP contribution in [-0.4, -0.2) is 53.5 Å². The molecular formula is C24H28F3N3O2. The Labute approximate surface area is 186 Å². The molecular weight excluding hydrogens is 419 g/mol. The van der Waals surface area contributed by atoms with Crippen LogP contribution in [0.3, 0.4) is 0 Å². The van der Waals surface area contributed by atoms with Crippen LogP contribution in [0.25, 0.3) is 0 Å². The second-order valence-corrected chi connectivity index (χ2v) is 8.72. The van der Waals surface area contributed by atoms with Crippen LogP contribution in [0.1, 0.15) is 30.4 Å². The fourth-order valence-electron chi connectivity index (χ4n) is 4.65. The molecule has 0 saturated carbocycles. The van der Waals surface area contributed by atoms with Crippen molar-refractivity contribution in [3.63, 3.8) is 0 Å². The number of ether oxygens (including phenoxy) is 1. The molecule has 32 heavy (non-hydrogen) atoms. The first kappa shape index (κ1) is 22.6. The largest absolute Gasteiger partial charge is 0.493 e. The minimum absolute atomic E-state index is 0.0525. The maximum absolute atomic E-state index is 13.1. The first-order valence-corrected chi connectivity index (χ1v) is 11.1. The molecule has 5 nitrogen and oxygen atoms in total. The summed E-state index contributed by atoms with van der Waals surface area (Å²) in [6, 6.07) is 8.88. The zero-order chi connectivity index (χ0) is 22.6. The molecule has 2 aliphatic heterocycles. The van der Waals surface area contributed by atoms with Gasteiger partial charge in [-0.15, -0.1) is 0 Å². The highest BCUT2D eigenvalue weighted by molar-refractivity contribution is 5.79. The smallest absolute Gasteiger partial charge is 0.416 e. The summed E-state index contributed by atoms with van der Waals surface area (Å²) in [4.78, 5) is 21.4. The molecule has 2 aliphatic rings. The Morgan fingerprint density at radius 2 is 1.84 bits per heavy atom. The van der Waals surface area contributed by atoms with Crippen LogP contribution in [0.2, 0.25) is 0 Å². The summed E-state index contributed by atoms with van der Waals surface area (Å²) >= 11 is 0. The number of hydrogen-bond acceptors (Lipinski definition) is 4. The van der Waals surface area contributed by atoms with Crippen LogP contribution in [0.4, 0.5) is 13.2 Å². The number of amides is 1. The summed E-state index contributed by atoms with van der Waals surface area (Å²) < 4.78 is 44.8. The van der Waals surface area contributed by atoms with E-state index in [0.717, 1.165) is 50.2 Å². The number of halogens is 3. The lowest BCUT2D eigenvalue weighted by atomic mass is 9.88. The van der Waals surface area contributed by atoms with E-state index in [1.165, 1.54) is 6.07 Å². The number of piperidine rings is 1. The number of pyridine rings is 1. The molecule has 2 fully saturated rings. The number of benzene rings is 1. The Hall–Kier alpha value is -2.61. The van der Waals surface area contributed by atoms with Gasteiger partial charge in [-0.05, 0) is 55.2 Å². The van der Waals surface area contributed by atoms with Crippen molar-refractivity contribution < 1.29 is 22.7 Å². The van der Waals surface area contributed by atoms with Crippen molar-refractivity contribution in [3.05, 3.63) is 59.9 Å². The molecule has 2 aromatic rings. The number of likely N-dealkylation sites (tertiary alicyclic amines) is 2. The molecule has 1 amide bonds. The zero-order valence-corrected chi connectivity index (χ0v) is 17.9. The van der Waals surface area contributed by atoms with E-state index in [9.17, 15) is 18.0 Å². The van der Waals surface area contributed by atoms with E-state index in [1.54, 1.807) is 18.5 Å². The molecule has 3 heterocycles. The van der Waals surface area contributed by atoms with Gasteiger partial charge in [0.15, 0.2) is 0 Å². The predicted octanol–water partition coefficient (Wildman–Crippen LogP) is 4.24. The van der Waals surface area contributed by atoms with E-state index in [1.807, 2.05) is 17.0 Å². The second-order valence-electron chi connectivity index (χ2n) is 8.72. The van der Waals surface area contributed by atoms with E-state index >= 15 is 0 Å². The average Bonchev–Trinajstić information content (AvgIpc) is 3.32. The molecule has 1 aromatic heterocycles. The number of carbonyl (C=O) groups excluding carboxylic acids is 1. The third kappa shape index (κ3) is 5.79. The number of hydrogen-bond donors (Lipinski definition) is 0. The van der Waals surface area contributed by atoms with Gasteiger partial charge >= 0.3 is 6.18 Å². The van der Waals surface area contributed by atoms with Gasteiger partial charge in [-0.3, -0.25) is 14.7 Å². The summed E-state index contributed by atoms with van der Waals surface area (Å²) in [5.74, 6) is 0.315. The second kappa shape index (κ2) is 9.90. The zero-order valence-electron chi connectivity index (χ0n) is 17.9. The van der Waals surface area contributed by atoms with E-state index in [-0.39, 0.29) is 30.1 Å². The molecule has 4 rings (SSSR count). The highest BCUT2D eigenvalue weighted by atomic mass is 19.4. The lowest BCUT2D eigenvalue weighted by Crippen LogP contribution is -2.48. The standard InChI is InChI=1S/C24H28F3N3O2/c25-24(26,27)21-4-3-5-22(13-21)32-17-19-12-20(23(31)30-10-1-2-11-30)16-29(15-19)14-18-6-8-28-9-7-18/h3-9,13,19-20H,1-2,10-12,14-17H2/t19-,20+/m0/s1. The molecule has 0 aliphatic carbocycles. The summed E-state index contributed by atoms with van der Waals surface area (Å²) in [5.41, 5.74) is 0.395. The number of nitrogens with zero attached hydrogens (tertiary/aromatic N) is 3. The van der Waals surface area contributed by atoms with Crippen molar-refractivity contribution in [3.8, 4) is 5.75 Å². The molecule has 0 N–H and O–H groups in total. The fourth-order valence-corrected chi connectivity index (χ4v) is 4.65. The van der Waals surface area contributed by atoms with E-state index in [2.05, 4.69) is 9.88 Å². The molecule has 8 heteroatoms. The molecule has 2 saturated heterocycles. The van der Waals surface area contributed by atoms with E-state index < -0.39 is 11.7 Å². The van der Waals surface area contributed by atoms with Gasteiger partial charge in [0.2, 0.25) is 5.91 Å². The maximum Gasteiger partial charge on any atom is 0.416 e. The number of carbonyl (C=O) groups is 1. The first-order chi connectivity index (χ1) is 15.4. The fraction of sp³-hybridized carbons (Fsp3) is 0.500. The lowest BCUT2D eigenvalue weighted by molar-refractivity contribution is -0.138. The predicted molar refractivity (Wildman–Crippen MR) is 114 cm³/mol. The minimum Gasteiger partial charge on any atom is -0.493 e. The average molecular weight is 448 g/mol. The third-order valence-corrected chi connectivity index (χ3v) is 6.18. The normalized spacial score (nSPS) is 22.2. The summed E-state index contributed by atoms with van der Waals surface area (Å²) in [6.45, 7) is 4.00. The topological polar surface area (TPSA) is 45.7 Å². The van der Waals surface area contributed by atoms with Crippen molar-refractivity contribution in [1.82, 2.24) is 14.8 Å². The summed E-state index contributed by atoms with van der Waals surface area (Å²) in [7, 11) is 0. The van der Waals surface area contributed by atoms with Gasteiger partial charge in [0.1, 0.15) is 5.75 Å².